The molecule has 0 saturated carbocycles. The number of aliphatic hydroxyl groups is 1. The molecule has 1 unspecified atom stereocenters. The average molecular weight is 392 g/mol. The summed E-state index contributed by atoms with van der Waals surface area (Å²) in [5.41, 5.74) is 0.341. The average Bonchev–Trinajstić information content (AvgIpc) is 3.13. The van der Waals surface area contributed by atoms with Gasteiger partial charge in [-0.3, -0.25) is 9.59 Å². The van der Waals surface area contributed by atoms with Gasteiger partial charge in [-0.25, -0.2) is 0 Å². The molecule has 2 saturated heterocycles. The summed E-state index contributed by atoms with van der Waals surface area (Å²) >= 11 is 0. The molecule has 3 rings (SSSR count). The highest BCUT2D eigenvalue weighted by Gasteiger charge is 2.37. The molecule has 0 aromatic heterocycles. The molecule has 28 heavy (non-hydrogen) atoms. The minimum atomic E-state index is -0.420. The Labute approximate surface area is 164 Å². The number of benzene rings is 1. The SMILES string of the molecule is COc1ccc(N2CC(C(=O)NCC3(CO)CCOCC3)CC2=O)cc1OC. The maximum Gasteiger partial charge on any atom is 0.227 e. The van der Waals surface area contributed by atoms with Gasteiger partial charge in [-0.05, 0) is 25.0 Å². The van der Waals surface area contributed by atoms with Crippen molar-refractivity contribution in [3.05, 3.63) is 18.2 Å². The smallest absolute Gasteiger partial charge is 0.227 e. The van der Waals surface area contributed by atoms with Gasteiger partial charge in [0.2, 0.25) is 11.8 Å². The number of carbonyl (C=O) groups is 2. The van der Waals surface area contributed by atoms with Crippen molar-refractivity contribution in [1.29, 1.82) is 0 Å². The Morgan fingerprint density at radius 2 is 2.00 bits per heavy atom. The van der Waals surface area contributed by atoms with E-state index in [4.69, 9.17) is 14.2 Å². The molecule has 0 spiro atoms. The molecule has 2 aliphatic rings. The first-order chi connectivity index (χ1) is 13.5. The van der Waals surface area contributed by atoms with Crippen molar-refractivity contribution in [3.63, 3.8) is 0 Å². The van der Waals surface area contributed by atoms with Gasteiger partial charge >= 0.3 is 0 Å². The molecule has 2 N–H and O–H groups in total. The number of methoxy groups -OCH3 is 2. The van der Waals surface area contributed by atoms with Gasteiger partial charge in [0, 0.05) is 49.9 Å². The molecule has 8 nitrogen and oxygen atoms in total. The van der Waals surface area contributed by atoms with Gasteiger partial charge in [0.05, 0.1) is 26.7 Å². The first kappa shape index (κ1) is 20.4. The predicted octanol–water partition coefficient (Wildman–Crippen LogP) is 0.962. The molecule has 2 amide bonds. The number of ether oxygens (including phenoxy) is 3. The third-order valence-corrected chi connectivity index (χ3v) is 5.70. The highest BCUT2D eigenvalue weighted by Crippen LogP contribution is 2.34. The van der Waals surface area contributed by atoms with Crippen molar-refractivity contribution in [2.45, 2.75) is 19.3 Å². The van der Waals surface area contributed by atoms with Crippen LogP contribution in [0.5, 0.6) is 11.5 Å². The molecule has 2 aliphatic heterocycles. The lowest BCUT2D eigenvalue weighted by Gasteiger charge is -2.35. The second-order valence-electron chi connectivity index (χ2n) is 7.43. The third-order valence-electron chi connectivity index (χ3n) is 5.70. The van der Waals surface area contributed by atoms with Crippen LogP contribution < -0.4 is 19.7 Å². The highest BCUT2D eigenvalue weighted by atomic mass is 16.5. The van der Waals surface area contributed by atoms with Crippen molar-refractivity contribution in [2.24, 2.45) is 11.3 Å². The maximum absolute atomic E-state index is 12.6. The van der Waals surface area contributed by atoms with Crippen LogP contribution in [0.4, 0.5) is 5.69 Å². The molecule has 2 fully saturated rings. The zero-order valence-electron chi connectivity index (χ0n) is 16.4. The van der Waals surface area contributed by atoms with Gasteiger partial charge in [-0.15, -0.1) is 0 Å². The number of amides is 2. The quantitative estimate of drug-likeness (QED) is 0.718. The normalized spacial score (nSPS) is 21.5. The topological polar surface area (TPSA) is 97.3 Å². The lowest BCUT2D eigenvalue weighted by Crippen LogP contribution is -2.45. The molecule has 0 radical (unpaired) electrons. The van der Waals surface area contributed by atoms with Crippen molar-refractivity contribution in [1.82, 2.24) is 5.32 Å². The van der Waals surface area contributed by atoms with Crippen LogP contribution in [0.15, 0.2) is 18.2 Å². The Morgan fingerprint density at radius 1 is 1.29 bits per heavy atom. The summed E-state index contributed by atoms with van der Waals surface area (Å²) in [6.07, 6.45) is 1.59. The van der Waals surface area contributed by atoms with E-state index in [1.165, 1.54) is 7.11 Å². The maximum atomic E-state index is 12.6. The van der Waals surface area contributed by atoms with Crippen molar-refractivity contribution < 1.29 is 28.9 Å². The van der Waals surface area contributed by atoms with Gasteiger partial charge in [0.15, 0.2) is 11.5 Å². The Bertz CT molecular complexity index is 717. The van der Waals surface area contributed by atoms with Gasteiger partial charge in [0.25, 0.3) is 0 Å². The molecular formula is C20H28N2O6. The lowest BCUT2D eigenvalue weighted by molar-refractivity contribution is -0.127. The number of nitrogens with one attached hydrogen (secondary N) is 1. The van der Waals surface area contributed by atoms with Crippen molar-refractivity contribution >= 4 is 17.5 Å². The van der Waals surface area contributed by atoms with Gasteiger partial charge in [0.1, 0.15) is 0 Å². The fourth-order valence-corrected chi connectivity index (χ4v) is 3.74. The van der Waals surface area contributed by atoms with Crippen LogP contribution in [-0.2, 0) is 14.3 Å². The van der Waals surface area contributed by atoms with Crippen LogP contribution in [0.3, 0.4) is 0 Å². The number of nitrogens with zero attached hydrogens (tertiary/aromatic N) is 1. The van der Waals surface area contributed by atoms with E-state index in [0.29, 0.717) is 56.3 Å². The molecule has 154 valence electrons. The summed E-state index contributed by atoms with van der Waals surface area (Å²) in [7, 11) is 3.09. The molecule has 1 atom stereocenters. The zero-order chi connectivity index (χ0) is 20.1. The van der Waals surface area contributed by atoms with Gasteiger partial charge < -0.3 is 29.5 Å². The number of carbonyl (C=O) groups excluding carboxylic acids is 2. The predicted molar refractivity (Wildman–Crippen MR) is 103 cm³/mol. The summed E-state index contributed by atoms with van der Waals surface area (Å²) in [5.74, 6) is 0.435. The Hall–Kier alpha value is -2.32. The monoisotopic (exact) mass is 392 g/mol. The first-order valence-corrected chi connectivity index (χ1v) is 9.50. The third kappa shape index (κ3) is 4.23. The van der Waals surface area contributed by atoms with E-state index in [9.17, 15) is 14.7 Å². The number of hydrogen-bond donors (Lipinski definition) is 2. The molecule has 1 aromatic carbocycles. The minimum absolute atomic E-state index is 0.0119. The summed E-state index contributed by atoms with van der Waals surface area (Å²) in [6.45, 7) is 1.90. The Morgan fingerprint density at radius 3 is 2.64 bits per heavy atom. The van der Waals surface area contributed by atoms with Crippen LogP contribution in [0.25, 0.3) is 0 Å². The summed E-state index contributed by atoms with van der Waals surface area (Å²) < 4.78 is 15.9. The van der Waals surface area contributed by atoms with Gasteiger partial charge in [-0.1, -0.05) is 0 Å². The van der Waals surface area contributed by atoms with E-state index in [0.717, 1.165) is 0 Å². The Kier molecular flexibility index (Phi) is 6.41. The zero-order valence-corrected chi connectivity index (χ0v) is 16.4. The number of anilines is 1. The highest BCUT2D eigenvalue weighted by molar-refractivity contribution is 6.00. The van der Waals surface area contributed by atoms with Crippen LogP contribution in [-0.4, -0.2) is 64.1 Å². The van der Waals surface area contributed by atoms with E-state index in [-0.39, 0.29) is 30.3 Å². The molecule has 8 heteroatoms. The van der Waals surface area contributed by atoms with E-state index >= 15 is 0 Å². The number of aliphatic hydroxyl groups excluding tert-OH is 1. The molecule has 1 aromatic rings. The minimum Gasteiger partial charge on any atom is -0.493 e. The Balaban J connectivity index is 1.63. The van der Waals surface area contributed by atoms with Crippen LogP contribution >= 0.6 is 0 Å². The number of rotatable bonds is 7. The fraction of sp³-hybridized carbons (Fsp3) is 0.600. The lowest BCUT2D eigenvalue weighted by atomic mass is 9.81. The van der Waals surface area contributed by atoms with E-state index in [1.54, 1.807) is 30.2 Å². The van der Waals surface area contributed by atoms with E-state index in [2.05, 4.69) is 5.32 Å². The molecule has 0 bridgehead atoms. The van der Waals surface area contributed by atoms with Crippen LogP contribution in [0.1, 0.15) is 19.3 Å². The summed E-state index contributed by atoms with van der Waals surface area (Å²) in [4.78, 5) is 26.7. The van der Waals surface area contributed by atoms with Crippen molar-refractivity contribution in [2.75, 3.05) is 52.0 Å². The van der Waals surface area contributed by atoms with Crippen LogP contribution in [0, 0.1) is 11.3 Å². The van der Waals surface area contributed by atoms with Gasteiger partial charge in [-0.2, -0.15) is 0 Å². The standard InChI is InChI=1S/C20H28N2O6/c1-26-16-4-3-15(10-17(16)27-2)22-11-14(9-18(22)24)19(25)21-12-20(13-23)5-7-28-8-6-20/h3-4,10,14,23H,5-9,11-13H2,1-2H3,(H,21,25). The molecule has 2 heterocycles. The van der Waals surface area contributed by atoms with E-state index in [1.807, 2.05) is 0 Å². The van der Waals surface area contributed by atoms with E-state index < -0.39 is 5.92 Å². The van der Waals surface area contributed by atoms with Crippen molar-refractivity contribution in [3.8, 4) is 11.5 Å². The first-order valence-electron chi connectivity index (χ1n) is 9.50. The second-order valence-corrected chi connectivity index (χ2v) is 7.43. The fourth-order valence-electron chi connectivity index (χ4n) is 3.74. The largest absolute Gasteiger partial charge is 0.493 e. The van der Waals surface area contributed by atoms with Crippen LogP contribution in [0.2, 0.25) is 0 Å². The molecular weight excluding hydrogens is 364 g/mol. The summed E-state index contributed by atoms with van der Waals surface area (Å²) in [6, 6.07) is 5.26. The summed E-state index contributed by atoms with van der Waals surface area (Å²) in [5, 5.41) is 12.7. The molecule has 0 aliphatic carbocycles. The number of hydrogen-bond acceptors (Lipinski definition) is 6. The second kappa shape index (κ2) is 8.79.